The number of carbonyl (C=O) groups is 4. The first-order valence-corrected chi connectivity index (χ1v) is 18.1. The maximum absolute atomic E-state index is 13.5. The second-order valence-electron chi connectivity index (χ2n) is 14.0. The summed E-state index contributed by atoms with van der Waals surface area (Å²) in [4.78, 5) is 58.6. The van der Waals surface area contributed by atoms with Crippen molar-refractivity contribution in [3.63, 3.8) is 0 Å². The van der Waals surface area contributed by atoms with Crippen LogP contribution >= 0.6 is 0 Å². The molecule has 7 rings (SSSR count). The smallest absolute Gasteiger partial charge is 0.276 e. The number of anilines is 3. The molecule has 4 amide bonds. The molecule has 0 saturated carbocycles. The Hall–Kier alpha value is -6.14. The van der Waals surface area contributed by atoms with Gasteiger partial charge in [-0.25, -0.2) is 4.98 Å². The summed E-state index contributed by atoms with van der Waals surface area (Å²) < 4.78 is 20.7. The minimum atomic E-state index is -0.660. The molecule has 0 radical (unpaired) electrons. The molecule has 1 spiro atoms. The molecule has 290 valence electrons. The van der Waals surface area contributed by atoms with Crippen LogP contribution < -0.4 is 41.8 Å². The maximum atomic E-state index is 13.5. The van der Waals surface area contributed by atoms with Crippen LogP contribution in [-0.4, -0.2) is 108 Å². The van der Waals surface area contributed by atoms with E-state index in [4.69, 9.17) is 25.7 Å². The molecule has 18 heteroatoms. The van der Waals surface area contributed by atoms with E-state index in [1.165, 1.54) is 13.2 Å². The van der Waals surface area contributed by atoms with Gasteiger partial charge in [0.15, 0.2) is 6.29 Å². The van der Waals surface area contributed by atoms with Gasteiger partial charge in [0.25, 0.3) is 5.91 Å². The van der Waals surface area contributed by atoms with E-state index >= 15 is 0 Å². The highest BCUT2D eigenvalue weighted by molar-refractivity contribution is 6.04. The molecular weight excluding hydrogens is 710 g/mol. The summed E-state index contributed by atoms with van der Waals surface area (Å²) in [5.74, 6) is -0.664. The van der Waals surface area contributed by atoms with Crippen LogP contribution in [0.4, 0.5) is 17.3 Å². The van der Waals surface area contributed by atoms with Gasteiger partial charge in [0.05, 0.1) is 43.8 Å². The molecule has 4 aromatic rings. The second-order valence-corrected chi connectivity index (χ2v) is 14.0. The fourth-order valence-corrected chi connectivity index (χ4v) is 7.42. The number of carbonyl (C=O) groups excluding carboxylic acids is 4. The normalized spacial score (nSPS) is 17.1. The van der Waals surface area contributed by atoms with E-state index < -0.39 is 24.0 Å². The fourth-order valence-electron chi connectivity index (χ4n) is 7.42. The van der Waals surface area contributed by atoms with Crippen molar-refractivity contribution in [1.29, 1.82) is 0 Å². The number of ether oxygens (including phenoxy) is 3. The summed E-state index contributed by atoms with van der Waals surface area (Å²) in [6.45, 7) is 9.69. The first kappa shape index (κ1) is 37.2. The number of methoxy groups -OCH3 is 1. The first-order chi connectivity index (χ1) is 26.5. The van der Waals surface area contributed by atoms with Gasteiger partial charge in [-0.2, -0.15) is 5.10 Å². The van der Waals surface area contributed by atoms with Crippen molar-refractivity contribution in [2.75, 3.05) is 68.6 Å². The molecule has 2 aromatic heterocycles. The number of fused-ring (bicyclic) bond motifs is 2. The minimum absolute atomic E-state index is 0.200. The number of hydrogen-bond acceptors (Lipinski definition) is 12. The monoisotopic (exact) mass is 755 g/mol. The van der Waals surface area contributed by atoms with Crippen molar-refractivity contribution in [1.82, 2.24) is 29.5 Å². The summed E-state index contributed by atoms with van der Waals surface area (Å²) in [6.07, 6.45) is 4.47. The van der Waals surface area contributed by atoms with Gasteiger partial charge in [0, 0.05) is 55.8 Å². The molecule has 3 aliphatic heterocycles. The molecule has 2 fully saturated rings. The SMILES string of the molecule is CCn1nc(C)cc1C(=O)Nc1nc2cc(C(N)=O)cc(OC)c2n1C/C=C/CN1c2c(cc(C(N)=O)cc2OCCCN2CC3(COC3)C2)NC1NC=O. The number of nitrogens with one attached hydrogen (secondary N) is 3. The number of benzene rings is 2. The summed E-state index contributed by atoms with van der Waals surface area (Å²) in [5.41, 5.74) is 15.3. The van der Waals surface area contributed by atoms with E-state index in [0.717, 1.165) is 39.3 Å². The summed E-state index contributed by atoms with van der Waals surface area (Å²) in [6, 6.07) is 8.03. The average Bonchev–Trinajstić information content (AvgIpc) is 3.80. The maximum Gasteiger partial charge on any atom is 0.276 e. The summed E-state index contributed by atoms with van der Waals surface area (Å²) in [5, 5.41) is 13.3. The Morgan fingerprint density at radius 2 is 1.78 bits per heavy atom. The van der Waals surface area contributed by atoms with Gasteiger partial charge in [0.2, 0.25) is 24.2 Å². The highest BCUT2D eigenvalue weighted by Gasteiger charge is 2.48. The number of nitrogens with zero attached hydrogens (tertiary/aromatic N) is 6. The molecule has 55 heavy (non-hydrogen) atoms. The Labute approximate surface area is 316 Å². The molecular formula is C37H45N11O7. The van der Waals surface area contributed by atoms with Gasteiger partial charge < -0.3 is 50.7 Å². The van der Waals surface area contributed by atoms with E-state index in [1.807, 2.05) is 30.9 Å². The van der Waals surface area contributed by atoms with Crippen LogP contribution in [0.25, 0.3) is 11.0 Å². The van der Waals surface area contributed by atoms with Gasteiger partial charge >= 0.3 is 0 Å². The lowest BCUT2D eigenvalue weighted by atomic mass is 9.78. The Morgan fingerprint density at radius 3 is 2.45 bits per heavy atom. The van der Waals surface area contributed by atoms with Crippen LogP contribution in [0.3, 0.4) is 0 Å². The van der Waals surface area contributed by atoms with Crippen molar-refractivity contribution in [3.05, 3.63) is 65.0 Å². The number of nitrogens with two attached hydrogens (primary N) is 2. The van der Waals surface area contributed by atoms with Crippen LogP contribution in [0, 0.1) is 12.3 Å². The number of imidazole rings is 1. The molecule has 2 aromatic carbocycles. The molecule has 0 aliphatic carbocycles. The first-order valence-electron chi connectivity index (χ1n) is 18.1. The van der Waals surface area contributed by atoms with E-state index in [9.17, 15) is 19.2 Å². The van der Waals surface area contributed by atoms with Crippen molar-refractivity contribution in [3.8, 4) is 11.5 Å². The third-order valence-corrected chi connectivity index (χ3v) is 10.0. The van der Waals surface area contributed by atoms with Gasteiger partial charge in [0.1, 0.15) is 28.4 Å². The summed E-state index contributed by atoms with van der Waals surface area (Å²) >= 11 is 0. The number of primary amides is 2. The van der Waals surface area contributed by atoms with E-state index in [0.29, 0.717) is 76.8 Å². The van der Waals surface area contributed by atoms with Gasteiger partial charge in [-0.15, -0.1) is 0 Å². The van der Waals surface area contributed by atoms with Gasteiger partial charge in [-0.3, -0.25) is 29.2 Å². The van der Waals surface area contributed by atoms with Crippen molar-refractivity contribution in [2.45, 2.75) is 39.6 Å². The second kappa shape index (κ2) is 15.3. The van der Waals surface area contributed by atoms with Crippen LogP contribution in [0.15, 0.2) is 42.5 Å². The molecule has 3 aliphatic rings. The third-order valence-electron chi connectivity index (χ3n) is 10.0. The number of aromatic nitrogens is 4. The minimum Gasteiger partial charge on any atom is -0.494 e. The van der Waals surface area contributed by atoms with E-state index in [-0.39, 0.29) is 23.6 Å². The van der Waals surface area contributed by atoms with E-state index in [1.54, 1.807) is 33.5 Å². The van der Waals surface area contributed by atoms with E-state index in [2.05, 4.69) is 30.9 Å². The zero-order valence-electron chi connectivity index (χ0n) is 31.0. The highest BCUT2D eigenvalue weighted by atomic mass is 16.5. The Morgan fingerprint density at radius 1 is 1.05 bits per heavy atom. The molecule has 1 unspecified atom stereocenters. The third kappa shape index (κ3) is 7.37. The van der Waals surface area contributed by atoms with Gasteiger partial charge in [-0.1, -0.05) is 12.2 Å². The lowest BCUT2D eigenvalue weighted by Gasteiger charge is -2.55. The predicted octanol–water partition coefficient (Wildman–Crippen LogP) is 1.64. The lowest BCUT2D eigenvalue weighted by Crippen LogP contribution is -2.65. The standard InChI is InChI=1S/C37H45N11O7/c1-4-48-27(12-22(2)44-48)34(52)43-36-42-25-13-23(32(38)50)15-28(53-3)30(25)47(36)10-6-5-9-46-31-26(41-35(46)40-21-49)14-24(33(39)51)16-29(31)55-11-7-8-45-17-37(18-45)19-54-20-37/h5-6,12-16,21,35,41H,4,7-11,17-20H2,1-3H3,(H2,38,50)(H2,39,51)(H,40,49)(H,42,43,52)/b6-5+. The number of allylic oxidation sites excluding steroid dienone is 1. The number of hydrogen-bond donors (Lipinski definition) is 5. The van der Waals surface area contributed by atoms with Crippen molar-refractivity contribution in [2.24, 2.45) is 16.9 Å². The summed E-state index contributed by atoms with van der Waals surface area (Å²) in [7, 11) is 1.47. The topological polar surface area (TPSA) is 226 Å². The van der Waals surface area contributed by atoms with Crippen molar-refractivity contribution >= 4 is 52.5 Å². The zero-order valence-corrected chi connectivity index (χ0v) is 31.0. The Balaban J connectivity index is 1.13. The average molecular weight is 756 g/mol. The molecule has 1 atom stereocenters. The molecule has 2 saturated heterocycles. The molecule has 18 nitrogen and oxygen atoms in total. The number of likely N-dealkylation sites (tertiary alicyclic amines) is 1. The predicted molar refractivity (Wildman–Crippen MR) is 203 cm³/mol. The number of aryl methyl sites for hydroxylation is 2. The molecule has 0 bridgehead atoms. The highest BCUT2D eigenvalue weighted by Crippen LogP contribution is 2.43. The van der Waals surface area contributed by atoms with Gasteiger partial charge in [-0.05, 0) is 50.6 Å². The number of rotatable bonds is 17. The number of amides is 4. The largest absolute Gasteiger partial charge is 0.494 e. The van der Waals surface area contributed by atoms with Crippen molar-refractivity contribution < 1.29 is 33.4 Å². The van der Waals surface area contributed by atoms with Crippen LogP contribution in [-0.2, 0) is 22.6 Å². The Kier molecular flexibility index (Phi) is 10.3. The fraction of sp³-hybridized carbons (Fsp3) is 0.405. The quantitative estimate of drug-likeness (QED) is 0.0589. The zero-order chi connectivity index (χ0) is 38.9. The molecule has 5 heterocycles. The van der Waals surface area contributed by atoms with Crippen LogP contribution in [0.1, 0.15) is 50.2 Å². The molecule has 7 N–H and O–H groups in total. The van der Waals surface area contributed by atoms with Crippen LogP contribution in [0.2, 0.25) is 0 Å². The van der Waals surface area contributed by atoms with Crippen LogP contribution in [0.5, 0.6) is 11.5 Å². The Bertz CT molecular complexity index is 2170. The lowest BCUT2D eigenvalue weighted by molar-refractivity contribution is -0.189.